The number of carbonyl (C=O) groups is 1. The van der Waals surface area contributed by atoms with Crippen LogP contribution in [-0.4, -0.2) is 39.8 Å². The fourth-order valence-electron chi connectivity index (χ4n) is 2.59. The number of amides is 1. The summed E-state index contributed by atoms with van der Waals surface area (Å²) in [6.07, 6.45) is 0.877. The molecule has 0 spiro atoms. The van der Waals surface area contributed by atoms with Crippen LogP contribution in [0, 0.1) is 18.6 Å². The molecule has 1 amide bonds. The Morgan fingerprint density at radius 3 is 2.48 bits per heavy atom. The van der Waals surface area contributed by atoms with Gasteiger partial charge in [-0.15, -0.1) is 0 Å². The van der Waals surface area contributed by atoms with Crippen LogP contribution in [0.5, 0.6) is 5.75 Å². The lowest BCUT2D eigenvalue weighted by molar-refractivity contribution is -0.121. The first kappa shape index (κ1) is 22.9. The summed E-state index contributed by atoms with van der Waals surface area (Å²) in [5.41, 5.74) is 0.749. The van der Waals surface area contributed by atoms with E-state index in [1.54, 1.807) is 18.2 Å². The van der Waals surface area contributed by atoms with E-state index in [1.807, 2.05) is 6.92 Å². The molecule has 2 aromatic rings. The highest BCUT2D eigenvalue weighted by Gasteiger charge is 2.29. The van der Waals surface area contributed by atoms with E-state index in [1.165, 1.54) is 6.92 Å². The Hall–Kier alpha value is -2.39. The van der Waals surface area contributed by atoms with Crippen LogP contribution in [-0.2, 0) is 14.8 Å². The minimum atomic E-state index is -3.94. The quantitative estimate of drug-likeness (QED) is 0.631. The number of rotatable bonds is 8. The minimum absolute atomic E-state index is 0.101. The van der Waals surface area contributed by atoms with Gasteiger partial charge in [-0.05, 0) is 43.7 Å². The summed E-state index contributed by atoms with van der Waals surface area (Å²) in [4.78, 5) is 12.4. The average molecular weight is 447 g/mol. The van der Waals surface area contributed by atoms with E-state index in [0.29, 0.717) is 10.8 Å². The molecule has 0 saturated heterocycles. The average Bonchev–Trinajstić information content (AvgIpc) is 2.63. The predicted molar refractivity (Wildman–Crippen MR) is 108 cm³/mol. The first-order chi connectivity index (χ1) is 13.5. The summed E-state index contributed by atoms with van der Waals surface area (Å²) < 4.78 is 57.2. The van der Waals surface area contributed by atoms with Gasteiger partial charge in [-0.1, -0.05) is 17.7 Å². The van der Waals surface area contributed by atoms with Crippen molar-refractivity contribution < 1.29 is 26.7 Å². The maximum atomic E-state index is 13.5. The molecule has 0 radical (unpaired) electrons. The lowest BCUT2D eigenvalue weighted by Crippen LogP contribution is -2.48. The van der Waals surface area contributed by atoms with Crippen molar-refractivity contribution in [2.75, 3.05) is 23.7 Å². The van der Waals surface area contributed by atoms with Crippen molar-refractivity contribution in [1.82, 2.24) is 5.32 Å². The van der Waals surface area contributed by atoms with Crippen molar-refractivity contribution in [2.45, 2.75) is 19.9 Å². The monoisotopic (exact) mass is 446 g/mol. The number of sulfonamides is 1. The van der Waals surface area contributed by atoms with Gasteiger partial charge in [0.05, 0.1) is 18.5 Å². The van der Waals surface area contributed by atoms with Crippen molar-refractivity contribution in [2.24, 2.45) is 0 Å². The predicted octanol–water partition coefficient (Wildman–Crippen LogP) is 3.28. The molecular formula is C19H21ClF2N2O4S. The van der Waals surface area contributed by atoms with Crippen molar-refractivity contribution >= 4 is 33.2 Å². The summed E-state index contributed by atoms with van der Waals surface area (Å²) in [6.45, 7) is 3.43. The van der Waals surface area contributed by atoms with E-state index in [-0.39, 0.29) is 18.8 Å². The molecule has 0 fully saturated rings. The molecule has 0 heterocycles. The highest BCUT2D eigenvalue weighted by atomic mass is 35.5. The summed E-state index contributed by atoms with van der Waals surface area (Å²) in [5, 5.41) is 3.11. The number of aryl methyl sites for hydroxylation is 1. The molecule has 1 atom stereocenters. The number of halogens is 3. The molecular weight excluding hydrogens is 426 g/mol. The zero-order chi connectivity index (χ0) is 21.8. The van der Waals surface area contributed by atoms with Crippen LogP contribution in [0.2, 0.25) is 5.02 Å². The molecule has 29 heavy (non-hydrogen) atoms. The van der Waals surface area contributed by atoms with Crippen LogP contribution in [0.25, 0.3) is 0 Å². The van der Waals surface area contributed by atoms with E-state index < -0.39 is 33.6 Å². The van der Waals surface area contributed by atoms with E-state index in [4.69, 9.17) is 16.3 Å². The Morgan fingerprint density at radius 2 is 1.90 bits per heavy atom. The number of ether oxygens (including phenoxy) is 1. The molecule has 0 aliphatic rings. The number of nitrogens with one attached hydrogen (secondary N) is 1. The van der Waals surface area contributed by atoms with Gasteiger partial charge >= 0.3 is 0 Å². The number of hydrogen-bond donors (Lipinski definition) is 1. The second-order valence-electron chi connectivity index (χ2n) is 6.38. The summed E-state index contributed by atoms with van der Waals surface area (Å²) in [5.74, 6) is -2.42. The van der Waals surface area contributed by atoms with E-state index in [2.05, 4.69) is 5.32 Å². The summed E-state index contributed by atoms with van der Waals surface area (Å²) in [6, 6.07) is 6.61. The number of anilines is 1. The molecule has 6 nitrogen and oxygen atoms in total. The Balaban J connectivity index is 2.01. The lowest BCUT2D eigenvalue weighted by Gasteiger charge is -2.28. The van der Waals surface area contributed by atoms with E-state index in [0.717, 1.165) is 34.3 Å². The zero-order valence-electron chi connectivity index (χ0n) is 16.1. The van der Waals surface area contributed by atoms with Gasteiger partial charge in [0.25, 0.3) is 0 Å². The molecule has 0 aliphatic carbocycles. The number of benzene rings is 2. The largest absolute Gasteiger partial charge is 0.492 e. The molecule has 2 aromatic carbocycles. The van der Waals surface area contributed by atoms with E-state index in [9.17, 15) is 22.0 Å². The molecule has 0 aromatic heterocycles. The molecule has 1 unspecified atom stereocenters. The fraction of sp³-hybridized carbons (Fsp3) is 0.316. The second-order valence-corrected chi connectivity index (χ2v) is 8.65. The molecule has 1 N–H and O–H groups in total. The van der Waals surface area contributed by atoms with Crippen LogP contribution in [0.3, 0.4) is 0 Å². The summed E-state index contributed by atoms with van der Waals surface area (Å²) >= 11 is 6.01. The van der Waals surface area contributed by atoms with Crippen LogP contribution >= 0.6 is 11.6 Å². The highest BCUT2D eigenvalue weighted by molar-refractivity contribution is 7.92. The molecule has 0 aliphatic heterocycles. The SMILES string of the molecule is Cc1ccc(OCCNC(=O)C(C)N(c2ccc(F)c(F)c2)S(C)(=O)=O)cc1Cl. The topological polar surface area (TPSA) is 75.7 Å². The van der Waals surface area contributed by atoms with Gasteiger partial charge in [0.2, 0.25) is 15.9 Å². The van der Waals surface area contributed by atoms with E-state index >= 15 is 0 Å². The Kier molecular flexibility index (Phi) is 7.43. The van der Waals surface area contributed by atoms with Gasteiger partial charge in [-0.2, -0.15) is 0 Å². The maximum Gasteiger partial charge on any atom is 0.243 e. The summed E-state index contributed by atoms with van der Waals surface area (Å²) in [7, 11) is -3.94. The van der Waals surface area contributed by atoms with Crippen molar-refractivity contribution in [3.8, 4) is 5.75 Å². The Bertz CT molecular complexity index is 1000. The zero-order valence-corrected chi connectivity index (χ0v) is 17.7. The van der Waals surface area contributed by atoms with Crippen LogP contribution in [0.1, 0.15) is 12.5 Å². The molecule has 0 bridgehead atoms. The smallest absolute Gasteiger partial charge is 0.243 e. The normalized spacial score (nSPS) is 12.3. The number of nitrogens with zero attached hydrogens (tertiary/aromatic N) is 1. The van der Waals surface area contributed by atoms with Gasteiger partial charge in [0.15, 0.2) is 11.6 Å². The minimum Gasteiger partial charge on any atom is -0.492 e. The number of carbonyl (C=O) groups excluding carboxylic acids is 1. The van der Waals surface area contributed by atoms with Crippen LogP contribution < -0.4 is 14.4 Å². The van der Waals surface area contributed by atoms with Crippen LogP contribution in [0.15, 0.2) is 36.4 Å². The standard InChI is InChI=1S/C19H21ClF2N2O4S/c1-12-4-6-15(11-16(12)20)28-9-8-23-19(25)13(2)24(29(3,26)27)14-5-7-17(21)18(22)10-14/h4-7,10-11,13H,8-9H2,1-3H3,(H,23,25). The lowest BCUT2D eigenvalue weighted by atomic mass is 10.2. The number of hydrogen-bond acceptors (Lipinski definition) is 4. The third-order valence-corrected chi connectivity index (χ3v) is 5.71. The van der Waals surface area contributed by atoms with Gasteiger partial charge in [-0.3, -0.25) is 9.10 Å². The molecule has 158 valence electrons. The van der Waals surface area contributed by atoms with Gasteiger partial charge in [0, 0.05) is 11.1 Å². The first-order valence-corrected chi connectivity index (χ1v) is 10.8. The maximum absolute atomic E-state index is 13.5. The molecule has 10 heteroatoms. The Labute approximate surface area is 173 Å². The molecule has 2 rings (SSSR count). The fourth-order valence-corrected chi connectivity index (χ4v) is 3.92. The van der Waals surface area contributed by atoms with Crippen molar-refractivity contribution in [3.05, 3.63) is 58.6 Å². The second kappa shape index (κ2) is 9.41. The molecule has 0 saturated carbocycles. The van der Waals surface area contributed by atoms with Gasteiger partial charge < -0.3 is 10.1 Å². The van der Waals surface area contributed by atoms with Gasteiger partial charge in [-0.25, -0.2) is 17.2 Å². The van der Waals surface area contributed by atoms with Crippen molar-refractivity contribution in [1.29, 1.82) is 0 Å². The third-order valence-electron chi connectivity index (χ3n) is 4.06. The van der Waals surface area contributed by atoms with Crippen LogP contribution in [0.4, 0.5) is 14.5 Å². The third kappa shape index (κ3) is 6.04. The Morgan fingerprint density at radius 1 is 1.21 bits per heavy atom. The van der Waals surface area contributed by atoms with Crippen molar-refractivity contribution in [3.63, 3.8) is 0 Å². The first-order valence-electron chi connectivity index (χ1n) is 8.62. The van der Waals surface area contributed by atoms with Gasteiger partial charge in [0.1, 0.15) is 18.4 Å². The highest BCUT2D eigenvalue weighted by Crippen LogP contribution is 2.23.